The van der Waals surface area contributed by atoms with Crippen LogP contribution in [0.5, 0.6) is 0 Å². The van der Waals surface area contributed by atoms with Crippen LogP contribution >= 0.6 is 0 Å². The fraction of sp³-hybridized carbons (Fsp3) is 0.400. The molecule has 0 aliphatic carbocycles. The summed E-state index contributed by atoms with van der Waals surface area (Å²) in [4.78, 5) is 0. The van der Waals surface area contributed by atoms with Gasteiger partial charge in [0.1, 0.15) is 0 Å². The minimum absolute atomic E-state index is 0.430. The SMILES string of the molecule is c1ccc2c(c1)CC1OCC1N2. The van der Waals surface area contributed by atoms with Crippen molar-refractivity contribution in [1.82, 2.24) is 0 Å². The van der Waals surface area contributed by atoms with Crippen LogP contribution in [0.15, 0.2) is 24.3 Å². The monoisotopic (exact) mass is 161 g/mol. The van der Waals surface area contributed by atoms with Crippen LogP contribution in [0.2, 0.25) is 0 Å². The molecule has 2 atom stereocenters. The largest absolute Gasteiger partial charge is 0.377 e. The molecule has 2 unspecified atom stereocenters. The number of rotatable bonds is 0. The van der Waals surface area contributed by atoms with E-state index in [-0.39, 0.29) is 0 Å². The maximum atomic E-state index is 5.43. The number of para-hydroxylation sites is 1. The lowest BCUT2D eigenvalue weighted by molar-refractivity contribution is -0.0660. The van der Waals surface area contributed by atoms with E-state index in [1.807, 2.05) is 0 Å². The first kappa shape index (κ1) is 6.49. The molecule has 62 valence electrons. The molecule has 2 nitrogen and oxygen atoms in total. The lowest BCUT2D eigenvalue weighted by atomic mass is 9.92. The summed E-state index contributed by atoms with van der Waals surface area (Å²) in [6, 6.07) is 9.04. The highest BCUT2D eigenvalue weighted by molar-refractivity contribution is 5.55. The number of benzene rings is 1. The van der Waals surface area contributed by atoms with Gasteiger partial charge in [-0.25, -0.2) is 0 Å². The van der Waals surface area contributed by atoms with E-state index in [0.717, 1.165) is 13.0 Å². The van der Waals surface area contributed by atoms with Gasteiger partial charge in [-0.1, -0.05) is 18.2 Å². The Hall–Kier alpha value is -1.02. The molecule has 3 rings (SSSR count). The van der Waals surface area contributed by atoms with Crippen molar-refractivity contribution in [2.24, 2.45) is 0 Å². The van der Waals surface area contributed by atoms with Gasteiger partial charge < -0.3 is 10.1 Å². The Morgan fingerprint density at radius 3 is 3.08 bits per heavy atom. The summed E-state index contributed by atoms with van der Waals surface area (Å²) in [6.07, 6.45) is 1.51. The molecule has 1 fully saturated rings. The standard InChI is InChI=1S/C10H11NO/c1-2-4-8-7(3-1)5-10-9(11-8)6-12-10/h1-4,9-11H,5-6H2. The molecule has 1 N–H and O–H groups in total. The van der Waals surface area contributed by atoms with Crippen LogP contribution in [-0.2, 0) is 11.2 Å². The smallest absolute Gasteiger partial charge is 0.0840 e. The van der Waals surface area contributed by atoms with Crippen molar-refractivity contribution in [1.29, 1.82) is 0 Å². The Labute approximate surface area is 71.5 Å². The lowest BCUT2D eigenvalue weighted by Crippen LogP contribution is -2.53. The summed E-state index contributed by atoms with van der Waals surface area (Å²) in [6.45, 7) is 0.874. The zero-order valence-corrected chi connectivity index (χ0v) is 6.79. The van der Waals surface area contributed by atoms with Gasteiger partial charge in [-0.15, -0.1) is 0 Å². The van der Waals surface area contributed by atoms with Crippen LogP contribution in [0.3, 0.4) is 0 Å². The molecule has 0 spiro atoms. The Kier molecular flexibility index (Phi) is 1.21. The van der Waals surface area contributed by atoms with Gasteiger partial charge in [-0.05, 0) is 11.6 Å². The first-order valence-corrected chi connectivity index (χ1v) is 4.39. The molecular formula is C10H11NO. The maximum Gasteiger partial charge on any atom is 0.0840 e. The first-order chi connectivity index (χ1) is 5.93. The number of hydrogen-bond acceptors (Lipinski definition) is 2. The molecule has 1 saturated heterocycles. The lowest BCUT2D eigenvalue weighted by Gasteiger charge is -2.42. The summed E-state index contributed by atoms with van der Waals surface area (Å²) < 4.78 is 5.43. The first-order valence-electron chi connectivity index (χ1n) is 4.39. The van der Waals surface area contributed by atoms with Gasteiger partial charge in [0.2, 0.25) is 0 Å². The van der Waals surface area contributed by atoms with Crippen LogP contribution in [0.1, 0.15) is 5.56 Å². The second kappa shape index (κ2) is 2.23. The van der Waals surface area contributed by atoms with E-state index in [2.05, 4.69) is 29.6 Å². The van der Waals surface area contributed by atoms with Crippen molar-refractivity contribution in [3.63, 3.8) is 0 Å². The minimum atomic E-state index is 0.430. The van der Waals surface area contributed by atoms with Gasteiger partial charge in [-0.3, -0.25) is 0 Å². The zero-order valence-electron chi connectivity index (χ0n) is 6.79. The van der Waals surface area contributed by atoms with E-state index in [4.69, 9.17) is 4.74 Å². The third-order valence-electron chi connectivity index (χ3n) is 2.72. The highest BCUT2D eigenvalue weighted by atomic mass is 16.5. The molecule has 0 bridgehead atoms. The van der Waals surface area contributed by atoms with E-state index in [1.54, 1.807) is 0 Å². The maximum absolute atomic E-state index is 5.43. The molecule has 2 aliphatic rings. The Bertz CT molecular complexity index is 279. The van der Waals surface area contributed by atoms with Crippen molar-refractivity contribution in [2.75, 3.05) is 11.9 Å². The average molecular weight is 161 g/mol. The third kappa shape index (κ3) is 0.786. The average Bonchev–Trinajstić information content (AvgIpc) is 2.09. The van der Waals surface area contributed by atoms with E-state index in [9.17, 15) is 0 Å². The van der Waals surface area contributed by atoms with Crippen LogP contribution in [0.4, 0.5) is 5.69 Å². The minimum Gasteiger partial charge on any atom is -0.377 e. The molecule has 0 amide bonds. The molecule has 0 radical (unpaired) electrons. The highest BCUT2D eigenvalue weighted by Gasteiger charge is 2.35. The van der Waals surface area contributed by atoms with Gasteiger partial charge in [0.05, 0.1) is 18.8 Å². The summed E-state index contributed by atoms with van der Waals surface area (Å²) in [7, 11) is 0. The fourth-order valence-electron chi connectivity index (χ4n) is 1.92. The van der Waals surface area contributed by atoms with E-state index in [1.165, 1.54) is 11.3 Å². The van der Waals surface area contributed by atoms with Crippen molar-refractivity contribution in [3.8, 4) is 0 Å². The normalized spacial score (nSPS) is 31.0. The molecule has 2 heteroatoms. The number of ether oxygens (including phenoxy) is 1. The second-order valence-electron chi connectivity index (χ2n) is 3.48. The molecule has 0 aromatic heterocycles. The number of anilines is 1. The molecule has 1 aromatic rings. The molecule has 2 heterocycles. The zero-order chi connectivity index (χ0) is 7.97. The van der Waals surface area contributed by atoms with Crippen molar-refractivity contribution >= 4 is 5.69 Å². The second-order valence-corrected chi connectivity index (χ2v) is 3.48. The summed E-state index contributed by atoms with van der Waals surface area (Å²) in [5.41, 5.74) is 2.68. The highest BCUT2D eigenvalue weighted by Crippen LogP contribution is 2.30. The van der Waals surface area contributed by atoms with Gasteiger partial charge in [0, 0.05) is 12.1 Å². The van der Waals surface area contributed by atoms with Gasteiger partial charge in [0.25, 0.3) is 0 Å². The molecule has 1 aromatic carbocycles. The summed E-state index contributed by atoms with van der Waals surface area (Å²) in [5.74, 6) is 0. The molecule has 0 saturated carbocycles. The van der Waals surface area contributed by atoms with Crippen LogP contribution in [0.25, 0.3) is 0 Å². The van der Waals surface area contributed by atoms with Crippen LogP contribution in [0, 0.1) is 0 Å². The van der Waals surface area contributed by atoms with Crippen molar-refractivity contribution in [2.45, 2.75) is 18.6 Å². The van der Waals surface area contributed by atoms with E-state index < -0.39 is 0 Å². The predicted octanol–water partition coefficient (Wildman–Crippen LogP) is 1.42. The molecule has 2 aliphatic heterocycles. The number of fused-ring (bicyclic) bond motifs is 2. The van der Waals surface area contributed by atoms with Gasteiger partial charge in [-0.2, -0.15) is 0 Å². The Balaban J connectivity index is 2.00. The quantitative estimate of drug-likeness (QED) is 0.621. The van der Waals surface area contributed by atoms with Gasteiger partial charge >= 0.3 is 0 Å². The predicted molar refractivity (Wildman–Crippen MR) is 47.3 cm³/mol. The number of hydrogen-bond donors (Lipinski definition) is 1. The molecular weight excluding hydrogens is 150 g/mol. The summed E-state index contributed by atoms with van der Waals surface area (Å²) >= 11 is 0. The summed E-state index contributed by atoms with van der Waals surface area (Å²) in [5, 5.41) is 3.47. The van der Waals surface area contributed by atoms with Crippen molar-refractivity contribution < 1.29 is 4.74 Å². The van der Waals surface area contributed by atoms with Crippen LogP contribution < -0.4 is 5.32 Å². The third-order valence-corrected chi connectivity index (χ3v) is 2.72. The van der Waals surface area contributed by atoms with E-state index in [0.29, 0.717) is 12.1 Å². The fourth-order valence-corrected chi connectivity index (χ4v) is 1.92. The van der Waals surface area contributed by atoms with Crippen LogP contribution in [-0.4, -0.2) is 18.8 Å². The number of nitrogens with one attached hydrogen (secondary N) is 1. The van der Waals surface area contributed by atoms with Gasteiger partial charge in [0.15, 0.2) is 0 Å². The molecule has 12 heavy (non-hydrogen) atoms. The van der Waals surface area contributed by atoms with Crippen molar-refractivity contribution in [3.05, 3.63) is 29.8 Å². The van der Waals surface area contributed by atoms with E-state index >= 15 is 0 Å². The Morgan fingerprint density at radius 1 is 1.33 bits per heavy atom. The Morgan fingerprint density at radius 2 is 2.25 bits per heavy atom. The topological polar surface area (TPSA) is 21.3 Å².